The van der Waals surface area contributed by atoms with E-state index in [9.17, 15) is 14.4 Å². The highest BCUT2D eigenvalue weighted by molar-refractivity contribution is 6.08. The number of ether oxygens (including phenoxy) is 1. The molecule has 2 rings (SSSR count). The predicted molar refractivity (Wildman–Crippen MR) is 80.1 cm³/mol. The second kappa shape index (κ2) is 6.07. The van der Waals surface area contributed by atoms with E-state index in [-0.39, 0.29) is 5.90 Å². The highest BCUT2D eigenvalue weighted by Crippen LogP contribution is 2.28. The first-order valence-corrected chi connectivity index (χ1v) is 6.97. The number of rotatable bonds is 5. The monoisotopic (exact) mass is 319 g/mol. The van der Waals surface area contributed by atoms with Crippen LogP contribution >= 0.6 is 0 Å². The molecule has 0 radical (unpaired) electrons. The molecule has 0 unspecified atom stereocenters. The zero-order chi connectivity index (χ0) is 17.2. The normalized spacial score (nSPS) is 20.3. The summed E-state index contributed by atoms with van der Waals surface area (Å²) in [6.45, 7) is 2.97. The van der Waals surface area contributed by atoms with Gasteiger partial charge in [0.15, 0.2) is 0 Å². The third-order valence-corrected chi connectivity index (χ3v) is 3.58. The fraction of sp³-hybridized carbons (Fsp3) is 0.333. The maximum absolute atomic E-state index is 12.4. The summed E-state index contributed by atoms with van der Waals surface area (Å²) in [5, 5.41) is 19.0. The van der Waals surface area contributed by atoms with E-state index in [4.69, 9.17) is 15.3 Å². The molecule has 1 heterocycles. The maximum atomic E-state index is 12.4. The predicted octanol–water partition coefficient (Wildman–Crippen LogP) is 0.900. The molecule has 1 fully saturated rings. The third-order valence-electron chi connectivity index (χ3n) is 3.58. The largest absolute Gasteiger partial charge is 0.480 e. The van der Waals surface area contributed by atoms with Crippen molar-refractivity contribution in [2.45, 2.75) is 19.4 Å². The summed E-state index contributed by atoms with van der Waals surface area (Å²) in [7, 11) is 0. The Balaban J connectivity index is 2.27. The number of hydrogen-bond acceptors (Lipinski definition) is 5. The van der Waals surface area contributed by atoms with Gasteiger partial charge in [0.2, 0.25) is 5.90 Å². The molecule has 1 aliphatic rings. The molecular formula is C15H17N3O5. The summed E-state index contributed by atoms with van der Waals surface area (Å²) in [6.07, 6.45) is 0. The molecule has 8 nitrogen and oxygen atoms in total. The summed E-state index contributed by atoms with van der Waals surface area (Å²) in [5.74, 6) is -1.88. The molecule has 1 atom stereocenters. The van der Waals surface area contributed by atoms with E-state index < -0.39 is 30.0 Å². The third kappa shape index (κ3) is 3.01. The lowest BCUT2D eigenvalue weighted by molar-refractivity contribution is -0.142. The summed E-state index contributed by atoms with van der Waals surface area (Å²) >= 11 is 0. The molecular weight excluding hydrogens is 302 g/mol. The quantitative estimate of drug-likeness (QED) is 0.423. The van der Waals surface area contributed by atoms with Gasteiger partial charge >= 0.3 is 12.0 Å². The van der Waals surface area contributed by atoms with Crippen molar-refractivity contribution in [3.8, 4) is 0 Å². The number of urea groups is 1. The van der Waals surface area contributed by atoms with Crippen LogP contribution in [-0.4, -0.2) is 47.0 Å². The van der Waals surface area contributed by atoms with Gasteiger partial charge in [-0.15, -0.1) is 0 Å². The van der Waals surface area contributed by atoms with E-state index in [2.05, 4.69) is 5.32 Å². The molecule has 0 bridgehead atoms. The van der Waals surface area contributed by atoms with Gasteiger partial charge in [0.25, 0.3) is 5.91 Å². The molecule has 23 heavy (non-hydrogen) atoms. The summed E-state index contributed by atoms with van der Waals surface area (Å²) in [4.78, 5) is 35.7. The average molecular weight is 319 g/mol. The minimum atomic E-state index is -1.33. The van der Waals surface area contributed by atoms with Gasteiger partial charge in [-0.3, -0.25) is 19.9 Å². The smallest absolute Gasteiger partial charge is 0.325 e. The van der Waals surface area contributed by atoms with Crippen LogP contribution in [0.4, 0.5) is 4.79 Å². The minimum absolute atomic E-state index is 0.0125. The van der Waals surface area contributed by atoms with Crippen LogP contribution in [0.3, 0.4) is 0 Å². The number of nitrogens with zero attached hydrogens (tertiary/aromatic N) is 1. The number of carboxylic acids is 1. The first kappa shape index (κ1) is 16.5. The van der Waals surface area contributed by atoms with Gasteiger partial charge < -0.3 is 15.2 Å². The fourth-order valence-electron chi connectivity index (χ4n) is 2.35. The van der Waals surface area contributed by atoms with Gasteiger partial charge in [0.05, 0.1) is 6.61 Å². The maximum Gasteiger partial charge on any atom is 0.325 e. The van der Waals surface area contributed by atoms with Crippen LogP contribution < -0.4 is 5.32 Å². The van der Waals surface area contributed by atoms with Gasteiger partial charge in [-0.05, 0) is 31.5 Å². The Morgan fingerprint density at radius 2 is 1.96 bits per heavy atom. The van der Waals surface area contributed by atoms with Crippen molar-refractivity contribution in [1.29, 1.82) is 5.41 Å². The van der Waals surface area contributed by atoms with Crippen LogP contribution in [0.25, 0.3) is 0 Å². The van der Waals surface area contributed by atoms with E-state index in [1.165, 1.54) is 6.92 Å². The second-order valence-corrected chi connectivity index (χ2v) is 5.18. The number of carbonyl (C=O) groups is 3. The van der Waals surface area contributed by atoms with E-state index in [1.807, 2.05) is 0 Å². The number of imide groups is 1. The molecule has 1 aliphatic heterocycles. The molecule has 8 heteroatoms. The molecule has 0 aliphatic carbocycles. The Morgan fingerprint density at radius 3 is 2.48 bits per heavy atom. The Morgan fingerprint density at radius 1 is 1.35 bits per heavy atom. The average Bonchev–Trinajstić information content (AvgIpc) is 2.72. The highest BCUT2D eigenvalue weighted by Gasteiger charge is 2.49. The van der Waals surface area contributed by atoms with E-state index in [0.29, 0.717) is 22.6 Å². The van der Waals surface area contributed by atoms with Crippen molar-refractivity contribution in [3.63, 3.8) is 0 Å². The Hall–Kier alpha value is -2.90. The lowest BCUT2D eigenvalue weighted by Gasteiger charge is -2.22. The number of benzene rings is 1. The molecule has 1 aromatic carbocycles. The number of amides is 3. The van der Waals surface area contributed by atoms with Crippen LogP contribution in [0.2, 0.25) is 0 Å². The highest BCUT2D eigenvalue weighted by atomic mass is 16.5. The topological polar surface area (TPSA) is 120 Å². The molecule has 1 aromatic rings. The van der Waals surface area contributed by atoms with Crippen molar-refractivity contribution in [2.75, 3.05) is 13.2 Å². The van der Waals surface area contributed by atoms with Crippen molar-refractivity contribution in [2.24, 2.45) is 0 Å². The zero-order valence-electron chi connectivity index (χ0n) is 12.8. The number of nitrogens with one attached hydrogen (secondary N) is 2. The van der Waals surface area contributed by atoms with E-state index in [1.54, 1.807) is 31.2 Å². The summed E-state index contributed by atoms with van der Waals surface area (Å²) in [5.41, 5.74) is -0.297. The first-order valence-electron chi connectivity index (χ1n) is 6.97. The Labute approximate surface area is 132 Å². The molecule has 1 saturated heterocycles. The lowest BCUT2D eigenvalue weighted by Crippen LogP contribution is -2.41. The number of carbonyl (C=O) groups excluding carboxylic acids is 2. The van der Waals surface area contributed by atoms with Crippen molar-refractivity contribution in [3.05, 3.63) is 35.4 Å². The van der Waals surface area contributed by atoms with Gasteiger partial charge in [0, 0.05) is 5.56 Å². The number of hydrogen-bond donors (Lipinski definition) is 3. The second-order valence-electron chi connectivity index (χ2n) is 5.18. The lowest BCUT2D eigenvalue weighted by atomic mass is 9.91. The molecule has 0 spiro atoms. The number of carboxylic acid groups (broad SMARTS) is 1. The number of aliphatic carboxylic acids is 1. The zero-order valence-corrected chi connectivity index (χ0v) is 12.8. The molecule has 0 aromatic heterocycles. The van der Waals surface area contributed by atoms with Gasteiger partial charge in [0.1, 0.15) is 12.1 Å². The van der Waals surface area contributed by atoms with Crippen molar-refractivity contribution in [1.82, 2.24) is 10.2 Å². The van der Waals surface area contributed by atoms with Crippen LogP contribution in [0.1, 0.15) is 25.0 Å². The van der Waals surface area contributed by atoms with Crippen LogP contribution in [0.5, 0.6) is 0 Å². The van der Waals surface area contributed by atoms with Crippen LogP contribution in [0, 0.1) is 5.41 Å². The fourth-order valence-corrected chi connectivity index (χ4v) is 2.35. The van der Waals surface area contributed by atoms with Crippen LogP contribution in [0.15, 0.2) is 24.3 Å². The Kier molecular flexibility index (Phi) is 4.35. The Bertz CT molecular complexity index is 670. The van der Waals surface area contributed by atoms with E-state index in [0.717, 1.165) is 0 Å². The summed E-state index contributed by atoms with van der Waals surface area (Å²) < 4.78 is 5.09. The van der Waals surface area contributed by atoms with Crippen LogP contribution in [-0.2, 0) is 19.9 Å². The van der Waals surface area contributed by atoms with E-state index >= 15 is 0 Å². The first-order chi connectivity index (χ1) is 10.8. The SMILES string of the molecule is CCOC(=N)c1ccc([C@]2(C)NC(=O)N(CC(=O)O)C2=O)cc1. The van der Waals surface area contributed by atoms with Gasteiger partial charge in [-0.1, -0.05) is 12.1 Å². The summed E-state index contributed by atoms with van der Waals surface area (Å²) in [6, 6.07) is 5.68. The minimum Gasteiger partial charge on any atom is -0.480 e. The van der Waals surface area contributed by atoms with Crippen molar-refractivity contribution < 1.29 is 24.2 Å². The van der Waals surface area contributed by atoms with Gasteiger partial charge in [-0.25, -0.2) is 4.79 Å². The van der Waals surface area contributed by atoms with Gasteiger partial charge in [-0.2, -0.15) is 0 Å². The molecule has 3 N–H and O–H groups in total. The standard InChI is InChI=1S/C15H17N3O5/c1-3-23-12(16)9-4-6-10(7-5-9)15(2)13(21)18(8-11(19)20)14(22)17-15/h4-7,16H,3,8H2,1-2H3,(H,17,22)(H,19,20)/t15-/m0/s1. The van der Waals surface area contributed by atoms with Crippen molar-refractivity contribution >= 4 is 23.8 Å². The molecule has 3 amide bonds. The molecule has 0 saturated carbocycles. The molecule has 122 valence electrons.